The minimum Gasteiger partial charge on any atom is -0.486 e. The maximum Gasteiger partial charge on any atom is 0.338 e. The molecule has 1 heterocycles. The van der Waals surface area contributed by atoms with Gasteiger partial charge in [0.2, 0.25) is 0 Å². The summed E-state index contributed by atoms with van der Waals surface area (Å²) >= 11 is 0. The number of esters is 1. The van der Waals surface area contributed by atoms with Gasteiger partial charge in [0.1, 0.15) is 13.2 Å². The lowest BCUT2D eigenvalue weighted by molar-refractivity contribution is -0.121. The van der Waals surface area contributed by atoms with Crippen molar-refractivity contribution in [2.24, 2.45) is 0 Å². The Balaban J connectivity index is 1.70. The van der Waals surface area contributed by atoms with Crippen LogP contribution in [0.1, 0.15) is 16.8 Å². The number of carbonyl (C=O) groups excluding carboxylic acids is 2. The Kier molecular flexibility index (Phi) is 6.75. The van der Waals surface area contributed by atoms with E-state index in [1.165, 1.54) is 4.90 Å². The van der Waals surface area contributed by atoms with Crippen LogP contribution in [0.25, 0.3) is 0 Å². The first-order valence-electron chi connectivity index (χ1n) is 9.51. The third-order valence-corrected chi connectivity index (χ3v) is 4.51. The molecule has 2 aromatic carbocycles. The summed E-state index contributed by atoms with van der Waals surface area (Å²) in [6.45, 7) is 0.619. The molecule has 0 aromatic heterocycles. The Morgan fingerprint density at radius 2 is 1.83 bits per heavy atom. The number of anilines is 2. The van der Waals surface area contributed by atoms with Crippen molar-refractivity contribution >= 4 is 23.3 Å². The lowest BCUT2D eigenvalue weighted by atomic mass is 10.2. The van der Waals surface area contributed by atoms with Gasteiger partial charge in [-0.25, -0.2) is 4.79 Å². The molecule has 0 saturated carbocycles. The van der Waals surface area contributed by atoms with Crippen molar-refractivity contribution < 1.29 is 23.8 Å². The van der Waals surface area contributed by atoms with Crippen molar-refractivity contribution in [3.8, 4) is 17.6 Å². The Morgan fingerprint density at radius 3 is 2.57 bits per heavy atom. The number of amides is 1. The van der Waals surface area contributed by atoms with Crippen molar-refractivity contribution in [3.63, 3.8) is 0 Å². The van der Waals surface area contributed by atoms with Gasteiger partial charge < -0.3 is 24.0 Å². The van der Waals surface area contributed by atoms with E-state index in [9.17, 15) is 9.59 Å². The average molecular weight is 409 g/mol. The van der Waals surface area contributed by atoms with Crippen molar-refractivity contribution in [2.45, 2.75) is 6.42 Å². The molecule has 3 rings (SSSR count). The predicted octanol–water partition coefficient (Wildman–Crippen LogP) is 2.63. The summed E-state index contributed by atoms with van der Waals surface area (Å²) in [5, 5.41) is 8.95. The molecule has 156 valence electrons. The van der Waals surface area contributed by atoms with E-state index in [4.69, 9.17) is 19.5 Å². The van der Waals surface area contributed by atoms with Crippen molar-refractivity contribution in [1.29, 1.82) is 5.26 Å². The van der Waals surface area contributed by atoms with Gasteiger partial charge in [-0.1, -0.05) is 6.07 Å². The van der Waals surface area contributed by atoms with Crippen LogP contribution in [0.3, 0.4) is 0 Å². The number of hydrogen-bond acceptors (Lipinski definition) is 7. The minimum atomic E-state index is -0.588. The molecule has 1 aliphatic heterocycles. The number of hydrogen-bond donors (Lipinski definition) is 0. The minimum absolute atomic E-state index is 0.138. The molecule has 0 unspecified atom stereocenters. The van der Waals surface area contributed by atoms with Crippen LogP contribution in [-0.2, 0) is 9.53 Å². The van der Waals surface area contributed by atoms with E-state index in [2.05, 4.69) is 0 Å². The number of rotatable bonds is 7. The maximum absolute atomic E-state index is 12.8. The molecule has 0 bridgehead atoms. The van der Waals surface area contributed by atoms with Crippen molar-refractivity contribution in [1.82, 2.24) is 0 Å². The van der Waals surface area contributed by atoms with Gasteiger partial charge in [-0.15, -0.1) is 0 Å². The fourth-order valence-electron chi connectivity index (χ4n) is 2.96. The third kappa shape index (κ3) is 5.00. The number of benzene rings is 2. The average Bonchev–Trinajstić information content (AvgIpc) is 2.77. The van der Waals surface area contributed by atoms with Crippen LogP contribution in [-0.4, -0.2) is 52.3 Å². The number of ether oxygens (including phenoxy) is 3. The number of fused-ring (bicyclic) bond motifs is 1. The first-order chi connectivity index (χ1) is 14.5. The molecule has 0 N–H and O–H groups in total. The Hall–Kier alpha value is -3.73. The fourth-order valence-corrected chi connectivity index (χ4v) is 2.96. The molecular weight excluding hydrogens is 386 g/mol. The number of nitriles is 1. The van der Waals surface area contributed by atoms with Crippen LogP contribution < -0.4 is 19.3 Å². The molecule has 0 fully saturated rings. The molecule has 0 aliphatic carbocycles. The molecule has 0 atom stereocenters. The first kappa shape index (κ1) is 21.0. The highest BCUT2D eigenvalue weighted by Crippen LogP contribution is 2.34. The second-order valence-corrected chi connectivity index (χ2v) is 6.80. The monoisotopic (exact) mass is 409 g/mol. The van der Waals surface area contributed by atoms with E-state index < -0.39 is 18.5 Å². The van der Waals surface area contributed by atoms with Crippen molar-refractivity contribution in [3.05, 3.63) is 48.0 Å². The molecule has 8 nitrogen and oxygen atoms in total. The van der Waals surface area contributed by atoms with Crippen LogP contribution in [0.5, 0.6) is 11.5 Å². The zero-order valence-electron chi connectivity index (χ0n) is 17.0. The lowest BCUT2D eigenvalue weighted by Gasteiger charge is -2.24. The van der Waals surface area contributed by atoms with Crippen LogP contribution >= 0.6 is 0 Å². The van der Waals surface area contributed by atoms with Gasteiger partial charge in [0.25, 0.3) is 5.91 Å². The lowest BCUT2D eigenvalue weighted by Crippen LogP contribution is -2.35. The molecule has 2 aromatic rings. The second-order valence-electron chi connectivity index (χ2n) is 6.80. The quantitative estimate of drug-likeness (QED) is 0.649. The van der Waals surface area contributed by atoms with E-state index >= 15 is 0 Å². The van der Waals surface area contributed by atoms with Gasteiger partial charge in [-0.3, -0.25) is 4.79 Å². The van der Waals surface area contributed by atoms with E-state index in [0.29, 0.717) is 36.0 Å². The van der Waals surface area contributed by atoms with Gasteiger partial charge in [0.15, 0.2) is 18.1 Å². The smallest absolute Gasteiger partial charge is 0.338 e. The summed E-state index contributed by atoms with van der Waals surface area (Å²) in [6.07, 6.45) is 0.138. The van der Waals surface area contributed by atoms with Gasteiger partial charge in [-0.05, 0) is 30.3 Å². The van der Waals surface area contributed by atoms with Crippen LogP contribution in [0, 0.1) is 11.3 Å². The molecule has 8 heteroatoms. The highest BCUT2D eigenvalue weighted by Gasteiger charge is 2.21. The zero-order chi connectivity index (χ0) is 21.5. The van der Waals surface area contributed by atoms with Gasteiger partial charge in [-0.2, -0.15) is 5.26 Å². The largest absolute Gasteiger partial charge is 0.486 e. The summed E-state index contributed by atoms with van der Waals surface area (Å²) < 4.78 is 16.3. The topological polar surface area (TPSA) is 92.1 Å². The summed E-state index contributed by atoms with van der Waals surface area (Å²) in [4.78, 5) is 28.5. The van der Waals surface area contributed by atoms with Gasteiger partial charge >= 0.3 is 5.97 Å². The predicted molar refractivity (Wildman–Crippen MR) is 111 cm³/mol. The summed E-state index contributed by atoms with van der Waals surface area (Å²) in [6, 6.07) is 14.1. The molecule has 1 aliphatic rings. The molecule has 30 heavy (non-hydrogen) atoms. The fraction of sp³-hybridized carbons (Fsp3) is 0.318. The van der Waals surface area contributed by atoms with E-state index in [0.717, 1.165) is 5.69 Å². The molecule has 0 radical (unpaired) electrons. The normalized spacial score (nSPS) is 11.9. The molecule has 0 saturated heterocycles. The van der Waals surface area contributed by atoms with Crippen LogP contribution in [0.2, 0.25) is 0 Å². The van der Waals surface area contributed by atoms with E-state index in [1.54, 1.807) is 36.4 Å². The van der Waals surface area contributed by atoms with E-state index in [-0.39, 0.29) is 13.0 Å². The summed E-state index contributed by atoms with van der Waals surface area (Å²) in [5.74, 6) is 0.115. The summed E-state index contributed by atoms with van der Waals surface area (Å²) in [5.41, 5.74) is 1.75. The maximum atomic E-state index is 12.8. The highest BCUT2D eigenvalue weighted by molar-refractivity contribution is 5.97. The van der Waals surface area contributed by atoms with Crippen LogP contribution in [0.4, 0.5) is 11.4 Å². The highest BCUT2D eigenvalue weighted by atomic mass is 16.6. The van der Waals surface area contributed by atoms with Gasteiger partial charge in [0, 0.05) is 38.1 Å². The Morgan fingerprint density at radius 1 is 1.07 bits per heavy atom. The van der Waals surface area contributed by atoms with Crippen LogP contribution in [0.15, 0.2) is 42.5 Å². The Labute approximate surface area is 175 Å². The van der Waals surface area contributed by atoms with E-state index in [1.807, 2.05) is 31.1 Å². The van der Waals surface area contributed by atoms with Gasteiger partial charge in [0.05, 0.1) is 18.1 Å². The molecular formula is C22H23N3O5. The molecule has 1 amide bonds. The summed E-state index contributed by atoms with van der Waals surface area (Å²) in [7, 11) is 3.74. The number of carbonyl (C=O) groups is 2. The number of nitrogens with zero attached hydrogens (tertiary/aromatic N) is 3. The first-order valence-corrected chi connectivity index (χ1v) is 9.51. The SMILES string of the molecule is CN(C)c1cccc(C(=O)OCC(=O)N(CCC#N)c2ccc3c(c2)OCCO3)c1. The van der Waals surface area contributed by atoms with Crippen molar-refractivity contribution in [2.75, 3.05) is 50.3 Å². The second kappa shape index (κ2) is 9.65. The standard InChI is InChI=1S/C22H23N3O5/c1-24(2)17-6-3-5-16(13-17)22(27)30-15-21(26)25(10-4-9-23)18-7-8-19-20(14-18)29-12-11-28-19/h3,5-8,13-14H,4,10-12,15H2,1-2H3. The zero-order valence-corrected chi connectivity index (χ0v) is 17.0. The third-order valence-electron chi connectivity index (χ3n) is 4.51. The Bertz CT molecular complexity index is 967. The molecule has 0 spiro atoms.